The fourth-order valence-electron chi connectivity index (χ4n) is 4.50. The second kappa shape index (κ2) is 12.8. The number of hydrogen-bond donors (Lipinski definition) is 1. The van der Waals surface area contributed by atoms with Gasteiger partial charge in [-0.1, -0.05) is 38.1 Å². The number of thioether (sulfide) groups is 1. The van der Waals surface area contributed by atoms with Crippen LogP contribution in [0.5, 0.6) is 11.5 Å². The summed E-state index contributed by atoms with van der Waals surface area (Å²) in [6, 6.07) is 12.6. The summed E-state index contributed by atoms with van der Waals surface area (Å²) in [4.78, 5) is 53.5. The van der Waals surface area contributed by atoms with Crippen molar-refractivity contribution >= 4 is 46.5 Å². The number of carbonyl (C=O) groups is 4. The number of benzene rings is 2. The van der Waals surface area contributed by atoms with E-state index in [-0.39, 0.29) is 35.8 Å². The van der Waals surface area contributed by atoms with E-state index < -0.39 is 11.1 Å². The molecule has 2 saturated heterocycles. The maximum absolute atomic E-state index is 12.9. The van der Waals surface area contributed by atoms with Gasteiger partial charge in [0.25, 0.3) is 17.1 Å². The molecule has 206 valence electrons. The highest BCUT2D eigenvalue weighted by Crippen LogP contribution is 2.35. The molecule has 4 amide bonds. The number of imide groups is 1. The third-order valence-electron chi connectivity index (χ3n) is 6.58. The lowest BCUT2D eigenvalue weighted by Crippen LogP contribution is -2.44. The molecule has 0 unspecified atom stereocenters. The van der Waals surface area contributed by atoms with Gasteiger partial charge in [0.05, 0.1) is 12.0 Å². The molecule has 4 rings (SSSR count). The Kier molecular flexibility index (Phi) is 9.29. The molecule has 2 aliphatic heterocycles. The molecular weight excluding hydrogens is 518 g/mol. The Bertz CT molecular complexity index is 1290. The van der Waals surface area contributed by atoms with Crippen molar-refractivity contribution in [2.24, 2.45) is 0 Å². The molecule has 2 aromatic carbocycles. The standard InChI is InChI=1S/C29H33N3O6S/c1-19(2)21-9-5-6-10-22(21)30-26(33)18-38-23-12-11-20(15-24(23)37-3)16-25-28(35)32(29(36)39-25)17-27(34)31-13-7-4-8-14-31/h5-6,9-12,15-16,19H,4,7-8,13-14,17-18H2,1-3H3,(H,30,33)/b25-16-. The van der Waals surface area contributed by atoms with Crippen LogP contribution in [-0.2, 0) is 14.4 Å². The highest BCUT2D eigenvalue weighted by atomic mass is 32.2. The van der Waals surface area contributed by atoms with Gasteiger partial charge in [-0.25, -0.2) is 0 Å². The maximum atomic E-state index is 12.9. The largest absolute Gasteiger partial charge is 0.493 e. The van der Waals surface area contributed by atoms with E-state index in [2.05, 4.69) is 19.2 Å². The Hall–Kier alpha value is -3.79. The van der Waals surface area contributed by atoms with Crippen LogP contribution in [0.2, 0.25) is 0 Å². The molecular formula is C29H33N3O6S. The molecule has 0 aromatic heterocycles. The molecule has 2 aromatic rings. The van der Waals surface area contributed by atoms with Gasteiger partial charge in [-0.2, -0.15) is 0 Å². The second-order valence-electron chi connectivity index (χ2n) is 9.70. The number of rotatable bonds is 9. The summed E-state index contributed by atoms with van der Waals surface area (Å²) in [5.74, 6) is -0.0133. The van der Waals surface area contributed by atoms with Gasteiger partial charge in [0.15, 0.2) is 18.1 Å². The van der Waals surface area contributed by atoms with E-state index in [0.29, 0.717) is 30.2 Å². The van der Waals surface area contributed by atoms with Gasteiger partial charge in [0, 0.05) is 18.8 Å². The molecule has 39 heavy (non-hydrogen) atoms. The zero-order chi connectivity index (χ0) is 27.9. The number of methoxy groups -OCH3 is 1. The van der Waals surface area contributed by atoms with Gasteiger partial charge in [-0.15, -0.1) is 0 Å². The lowest BCUT2D eigenvalue weighted by Gasteiger charge is -2.27. The normalized spacial score (nSPS) is 16.7. The summed E-state index contributed by atoms with van der Waals surface area (Å²) in [5, 5.41) is 2.42. The monoisotopic (exact) mass is 551 g/mol. The average molecular weight is 552 g/mol. The summed E-state index contributed by atoms with van der Waals surface area (Å²) in [6.07, 6.45) is 4.54. The van der Waals surface area contributed by atoms with Crippen LogP contribution in [0.25, 0.3) is 6.08 Å². The minimum Gasteiger partial charge on any atom is -0.493 e. The quantitative estimate of drug-likeness (QED) is 0.443. The highest BCUT2D eigenvalue weighted by molar-refractivity contribution is 8.18. The van der Waals surface area contributed by atoms with Gasteiger partial charge >= 0.3 is 0 Å². The van der Waals surface area contributed by atoms with E-state index in [9.17, 15) is 19.2 Å². The van der Waals surface area contributed by atoms with Crippen LogP contribution >= 0.6 is 11.8 Å². The Balaban J connectivity index is 1.39. The third-order valence-corrected chi connectivity index (χ3v) is 7.48. The average Bonchev–Trinajstić information content (AvgIpc) is 3.20. The summed E-state index contributed by atoms with van der Waals surface area (Å²) >= 11 is 0.804. The molecule has 0 atom stereocenters. The summed E-state index contributed by atoms with van der Waals surface area (Å²) in [5.41, 5.74) is 2.39. The number of hydrogen-bond acceptors (Lipinski definition) is 7. The van der Waals surface area contributed by atoms with Gasteiger partial charge in [0.2, 0.25) is 5.91 Å². The minimum atomic E-state index is -0.493. The molecule has 1 N–H and O–H groups in total. The van der Waals surface area contributed by atoms with Crippen molar-refractivity contribution in [2.45, 2.75) is 39.0 Å². The topological polar surface area (TPSA) is 105 Å². The Morgan fingerprint density at radius 3 is 2.51 bits per heavy atom. The molecule has 0 radical (unpaired) electrons. The van der Waals surface area contributed by atoms with Crippen molar-refractivity contribution in [2.75, 3.05) is 38.7 Å². The number of piperidine rings is 1. The van der Waals surface area contributed by atoms with Gasteiger partial charge < -0.3 is 19.7 Å². The van der Waals surface area contributed by atoms with E-state index >= 15 is 0 Å². The molecule has 10 heteroatoms. The third kappa shape index (κ3) is 7.00. The number of ether oxygens (including phenoxy) is 2. The fraction of sp³-hybridized carbons (Fsp3) is 0.379. The summed E-state index contributed by atoms with van der Waals surface area (Å²) in [6.45, 7) is 4.97. The van der Waals surface area contributed by atoms with E-state index in [1.165, 1.54) is 7.11 Å². The first-order chi connectivity index (χ1) is 18.8. The number of carbonyl (C=O) groups excluding carboxylic acids is 4. The number of nitrogens with zero attached hydrogens (tertiary/aromatic N) is 2. The van der Waals surface area contributed by atoms with Crippen LogP contribution in [-0.4, -0.2) is 66.1 Å². The molecule has 2 fully saturated rings. The van der Waals surface area contributed by atoms with Gasteiger partial charge in [-0.05, 0) is 72.3 Å². The predicted octanol–water partition coefficient (Wildman–Crippen LogP) is 4.88. The van der Waals surface area contributed by atoms with Crippen molar-refractivity contribution in [3.05, 3.63) is 58.5 Å². The minimum absolute atomic E-state index is 0.210. The number of likely N-dealkylation sites (tertiary alicyclic amines) is 1. The lowest BCUT2D eigenvalue weighted by molar-refractivity contribution is -0.136. The zero-order valence-corrected chi connectivity index (χ0v) is 23.2. The van der Waals surface area contributed by atoms with E-state index in [1.54, 1.807) is 29.2 Å². The molecule has 2 aliphatic rings. The molecule has 0 spiro atoms. The van der Waals surface area contributed by atoms with Crippen LogP contribution < -0.4 is 14.8 Å². The highest BCUT2D eigenvalue weighted by Gasteiger charge is 2.37. The van der Waals surface area contributed by atoms with Crippen LogP contribution in [0, 0.1) is 0 Å². The van der Waals surface area contributed by atoms with Gasteiger partial charge in [0.1, 0.15) is 6.54 Å². The number of para-hydroxylation sites is 1. The maximum Gasteiger partial charge on any atom is 0.294 e. The van der Waals surface area contributed by atoms with Crippen molar-refractivity contribution in [3.63, 3.8) is 0 Å². The van der Waals surface area contributed by atoms with Crippen molar-refractivity contribution in [3.8, 4) is 11.5 Å². The number of nitrogens with one attached hydrogen (secondary N) is 1. The van der Waals surface area contributed by atoms with Crippen molar-refractivity contribution < 1.29 is 28.7 Å². The Morgan fingerprint density at radius 2 is 1.79 bits per heavy atom. The molecule has 0 aliphatic carbocycles. The summed E-state index contributed by atoms with van der Waals surface area (Å²) < 4.78 is 11.1. The smallest absolute Gasteiger partial charge is 0.294 e. The lowest BCUT2D eigenvalue weighted by atomic mass is 10.0. The second-order valence-corrected chi connectivity index (χ2v) is 10.7. The van der Waals surface area contributed by atoms with Crippen LogP contribution in [0.1, 0.15) is 50.2 Å². The molecule has 0 bridgehead atoms. The number of amides is 4. The van der Waals surface area contributed by atoms with Crippen molar-refractivity contribution in [1.29, 1.82) is 0 Å². The predicted molar refractivity (Wildman–Crippen MR) is 151 cm³/mol. The summed E-state index contributed by atoms with van der Waals surface area (Å²) in [7, 11) is 1.48. The Morgan fingerprint density at radius 1 is 1.05 bits per heavy atom. The fourth-order valence-corrected chi connectivity index (χ4v) is 5.34. The van der Waals surface area contributed by atoms with Gasteiger partial charge in [-0.3, -0.25) is 24.1 Å². The first-order valence-corrected chi connectivity index (χ1v) is 13.8. The van der Waals surface area contributed by atoms with E-state index in [4.69, 9.17) is 9.47 Å². The van der Waals surface area contributed by atoms with Crippen LogP contribution in [0.15, 0.2) is 47.4 Å². The SMILES string of the molecule is COc1cc(/C=C2\SC(=O)N(CC(=O)N3CCCCC3)C2=O)ccc1OCC(=O)Nc1ccccc1C(C)C. The van der Waals surface area contributed by atoms with Crippen LogP contribution in [0.4, 0.5) is 10.5 Å². The first kappa shape index (κ1) is 28.2. The molecule has 9 nitrogen and oxygen atoms in total. The number of anilines is 1. The van der Waals surface area contributed by atoms with Crippen LogP contribution in [0.3, 0.4) is 0 Å². The Labute approximate surface area is 232 Å². The first-order valence-electron chi connectivity index (χ1n) is 13.0. The van der Waals surface area contributed by atoms with E-state index in [0.717, 1.165) is 47.2 Å². The van der Waals surface area contributed by atoms with Crippen molar-refractivity contribution in [1.82, 2.24) is 9.80 Å². The zero-order valence-electron chi connectivity index (χ0n) is 22.4. The molecule has 2 heterocycles. The molecule has 0 saturated carbocycles. The van der Waals surface area contributed by atoms with E-state index in [1.807, 2.05) is 24.3 Å².